The Kier molecular flexibility index (Phi) is 7.17. The summed E-state index contributed by atoms with van der Waals surface area (Å²) in [5.41, 5.74) is 4.33. The van der Waals surface area contributed by atoms with E-state index in [4.69, 9.17) is 0 Å². The third kappa shape index (κ3) is 5.98. The van der Waals surface area contributed by atoms with Crippen LogP contribution in [-0.4, -0.2) is 35.5 Å². The summed E-state index contributed by atoms with van der Waals surface area (Å²) in [5, 5.41) is 0. The lowest BCUT2D eigenvalue weighted by molar-refractivity contribution is -0.0498. The van der Waals surface area contributed by atoms with Crippen LogP contribution in [0.5, 0.6) is 5.75 Å². The van der Waals surface area contributed by atoms with Crippen LogP contribution in [0, 0.1) is 19.7 Å². The molecule has 0 atom stereocenters. The Bertz CT molecular complexity index is 1030. The summed E-state index contributed by atoms with van der Waals surface area (Å²) in [6.07, 6.45) is 0. The highest BCUT2D eigenvalue weighted by Gasteiger charge is 2.17. The normalized spacial score (nSPS) is 11.4. The van der Waals surface area contributed by atoms with Crippen LogP contribution >= 0.6 is 0 Å². The fourth-order valence-corrected chi connectivity index (χ4v) is 3.57. The first-order valence-corrected chi connectivity index (χ1v) is 9.89. The second kappa shape index (κ2) is 9.83. The second-order valence-corrected chi connectivity index (χ2v) is 7.62. The first-order valence-electron chi connectivity index (χ1n) is 9.89. The van der Waals surface area contributed by atoms with Crippen molar-refractivity contribution in [2.24, 2.45) is 0 Å². The Hall–Kier alpha value is -3.06. The topological polar surface area (TPSA) is 34.5 Å². The summed E-state index contributed by atoms with van der Waals surface area (Å²) in [7, 11) is 1.83. The van der Waals surface area contributed by atoms with E-state index in [1.54, 1.807) is 24.3 Å². The molecular weight excluding hydrogens is 405 g/mol. The molecule has 0 bridgehead atoms. The first kappa shape index (κ1) is 22.6. The minimum Gasteiger partial charge on any atom is -0.435 e. The molecule has 0 saturated carbocycles. The van der Waals surface area contributed by atoms with Gasteiger partial charge in [-0.05, 0) is 62.4 Å². The zero-order chi connectivity index (χ0) is 22.5. The monoisotopic (exact) mass is 430 g/mol. The van der Waals surface area contributed by atoms with Crippen molar-refractivity contribution in [1.29, 1.82) is 0 Å². The van der Waals surface area contributed by atoms with E-state index in [-0.39, 0.29) is 23.9 Å². The molecule has 0 aliphatic rings. The first-order chi connectivity index (χ1) is 14.7. The summed E-state index contributed by atoms with van der Waals surface area (Å²) in [6.45, 7) is 2.28. The van der Waals surface area contributed by atoms with Gasteiger partial charge in [-0.3, -0.25) is 9.69 Å². The molecule has 0 aliphatic carbocycles. The fraction of sp³-hybridized carbons (Fsp3) is 0.292. The van der Waals surface area contributed by atoms with Gasteiger partial charge in [0, 0.05) is 30.0 Å². The standard InChI is InChI=1S/C24H25F3N2O2/c1-16-12-22(17(2)29(16)14-19-4-8-20(25)9-5-19)23(30)15-28(3)13-18-6-10-21(11-7-18)31-24(26)27/h4-12,24H,13-15H2,1-3H3. The van der Waals surface area contributed by atoms with Crippen LogP contribution in [0.4, 0.5) is 13.2 Å². The van der Waals surface area contributed by atoms with E-state index in [9.17, 15) is 18.0 Å². The van der Waals surface area contributed by atoms with Gasteiger partial charge in [0.05, 0.1) is 6.54 Å². The number of benzene rings is 2. The Morgan fingerprint density at radius 2 is 1.65 bits per heavy atom. The number of halogens is 3. The van der Waals surface area contributed by atoms with Gasteiger partial charge >= 0.3 is 6.61 Å². The number of hydrogen-bond donors (Lipinski definition) is 0. The number of nitrogens with zero attached hydrogens (tertiary/aromatic N) is 2. The molecule has 164 valence electrons. The van der Waals surface area contributed by atoms with E-state index in [0.717, 1.165) is 22.5 Å². The van der Waals surface area contributed by atoms with Crippen molar-refractivity contribution < 1.29 is 22.7 Å². The van der Waals surface area contributed by atoms with E-state index >= 15 is 0 Å². The number of Topliss-reactive ketones (excluding diaryl/α,β-unsaturated/α-hetero) is 1. The van der Waals surface area contributed by atoms with Crippen molar-refractivity contribution in [2.45, 2.75) is 33.5 Å². The number of rotatable bonds is 9. The van der Waals surface area contributed by atoms with Crippen molar-refractivity contribution in [1.82, 2.24) is 9.47 Å². The third-order valence-corrected chi connectivity index (χ3v) is 5.14. The molecule has 31 heavy (non-hydrogen) atoms. The third-order valence-electron chi connectivity index (χ3n) is 5.14. The number of carbonyl (C=O) groups excluding carboxylic acids is 1. The van der Waals surface area contributed by atoms with Gasteiger partial charge in [0.1, 0.15) is 11.6 Å². The van der Waals surface area contributed by atoms with E-state index in [1.807, 2.05) is 36.4 Å². The number of aromatic nitrogens is 1. The van der Waals surface area contributed by atoms with Gasteiger partial charge in [-0.2, -0.15) is 8.78 Å². The maximum atomic E-state index is 13.1. The van der Waals surface area contributed by atoms with Gasteiger partial charge in [0.2, 0.25) is 0 Å². The Morgan fingerprint density at radius 1 is 1.03 bits per heavy atom. The van der Waals surface area contributed by atoms with Gasteiger partial charge in [-0.25, -0.2) is 4.39 Å². The summed E-state index contributed by atoms with van der Waals surface area (Å²) in [5.74, 6) is -0.176. The Balaban J connectivity index is 1.64. The maximum Gasteiger partial charge on any atom is 0.387 e. The maximum absolute atomic E-state index is 13.1. The molecular formula is C24H25F3N2O2. The van der Waals surface area contributed by atoms with E-state index < -0.39 is 6.61 Å². The van der Waals surface area contributed by atoms with E-state index in [1.165, 1.54) is 24.3 Å². The minimum atomic E-state index is -2.85. The summed E-state index contributed by atoms with van der Waals surface area (Å²) >= 11 is 0. The highest BCUT2D eigenvalue weighted by atomic mass is 19.3. The number of likely N-dealkylation sites (N-methyl/N-ethyl adjacent to an activating group) is 1. The second-order valence-electron chi connectivity index (χ2n) is 7.62. The average molecular weight is 430 g/mol. The van der Waals surface area contributed by atoms with Gasteiger partial charge in [0.25, 0.3) is 0 Å². The van der Waals surface area contributed by atoms with Crippen LogP contribution in [0.3, 0.4) is 0 Å². The quantitative estimate of drug-likeness (QED) is 0.437. The van der Waals surface area contributed by atoms with Crippen molar-refractivity contribution in [3.05, 3.63) is 88.5 Å². The lowest BCUT2D eigenvalue weighted by Gasteiger charge is -2.16. The molecule has 0 N–H and O–H groups in total. The van der Waals surface area contributed by atoms with Gasteiger partial charge in [0.15, 0.2) is 5.78 Å². The molecule has 2 aromatic carbocycles. The molecule has 0 aliphatic heterocycles. The number of ether oxygens (including phenoxy) is 1. The fourth-order valence-electron chi connectivity index (χ4n) is 3.57. The summed E-state index contributed by atoms with van der Waals surface area (Å²) < 4.78 is 44.0. The zero-order valence-electron chi connectivity index (χ0n) is 17.7. The number of hydrogen-bond acceptors (Lipinski definition) is 3. The van der Waals surface area contributed by atoms with Gasteiger partial charge in [-0.1, -0.05) is 24.3 Å². The van der Waals surface area contributed by atoms with Crippen molar-refractivity contribution in [3.63, 3.8) is 0 Å². The largest absolute Gasteiger partial charge is 0.435 e. The molecule has 0 amide bonds. The van der Waals surface area contributed by atoms with Gasteiger partial charge in [-0.15, -0.1) is 0 Å². The Morgan fingerprint density at radius 3 is 2.26 bits per heavy atom. The van der Waals surface area contributed by atoms with Crippen LogP contribution in [0.15, 0.2) is 54.6 Å². The Labute approximate surface area is 179 Å². The molecule has 1 heterocycles. The summed E-state index contributed by atoms with van der Waals surface area (Å²) in [4.78, 5) is 14.8. The van der Waals surface area contributed by atoms with Gasteiger partial charge < -0.3 is 9.30 Å². The molecule has 0 radical (unpaired) electrons. The minimum absolute atomic E-state index is 0.00129. The molecule has 0 fully saturated rings. The molecule has 1 aromatic heterocycles. The molecule has 4 nitrogen and oxygen atoms in total. The molecule has 3 rings (SSSR count). The van der Waals surface area contributed by atoms with Crippen molar-refractivity contribution in [3.8, 4) is 5.75 Å². The molecule has 0 saturated heterocycles. The van der Waals surface area contributed by atoms with Crippen molar-refractivity contribution >= 4 is 5.78 Å². The van der Waals surface area contributed by atoms with Crippen LogP contribution in [0.1, 0.15) is 32.9 Å². The molecule has 0 spiro atoms. The van der Waals surface area contributed by atoms with Crippen molar-refractivity contribution in [2.75, 3.05) is 13.6 Å². The number of ketones is 1. The lowest BCUT2D eigenvalue weighted by atomic mass is 10.1. The summed E-state index contributed by atoms with van der Waals surface area (Å²) in [6, 6.07) is 14.6. The van der Waals surface area contributed by atoms with E-state index in [0.29, 0.717) is 18.7 Å². The smallest absolute Gasteiger partial charge is 0.387 e. The highest BCUT2D eigenvalue weighted by Crippen LogP contribution is 2.19. The predicted octanol–water partition coefficient (Wildman–Crippen LogP) is 5.21. The average Bonchev–Trinajstić information content (AvgIpc) is 2.99. The number of alkyl halides is 2. The number of carbonyl (C=O) groups is 1. The zero-order valence-corrected chi connectivity index (χ0v) is 17.7. The molecule has 7 heteroatoms. The predicted molar refractivity (Wildman–Crippen MR) is 113 cm³/mol. The lowest BCUT2D eigenvalue weighted by Crippen LogP contribution is -2.26. The van der Waals surface area contributed by atoms with Crippen LogP contribution in [-0.2, 0) is 13.1 Å². The SMILES string of the molecule is Cc1cc(C(=O)CN(C)Cc2ccc(OC(F)F)cc2)c(C)n1Cc1ccc(F)cc1. The van der Waals surface area contributed by atoms with Crippen LogP contribution in [0.25, 0.3) is 0 Å². The van der Waals surface area contributed by atoms with Crippen LogP contribution < -0.4 is 4.74 Å². The highest BCUT2D eigenvalue weighted by molar-refractivity contribution is 5.99. The number of aryl methyl sites for hydroxylation is 1. The van der Waals surface area contributed by atoms with Crippen LogP contribution in [0.2, 0.25) is 0 Å². The molecule has 0 unspecified atom stereocenters. The molecule has 3 aromatic rings. The van der Waals surface area contributed by atoms with E-state index in [2.05, 4.69) is 4.74 Å².